The van der Waals surface area contributed by atoms with Gasteiger partial charge in [0.1, 0.15) is 11.5 Å². The molecule has 18 heavy (non-hydrogen) atoms. The molecule has 4 nitrogen and oxygen atoms in total. The van der Waals surface area contributed by atoms with E-state index in [1.54, 1.807) is 6.07 Å². The van der Waals surface area contributed by atoms with Gasteiger partial charge in [0, 0.05) is 7.05 Å². The van der Waals surface area contributed by atoms with Gasteiger partial charge in [0.05, 0.1) is 11.0 Å². The summed E-state index contributed by atoms with van der Waals surface area (Å²) in [6.07, 6.45) is 0. The maximum absolute atomic E-state index is 5.72. The topological polar surface area (TPSA) is 56.7 Å². The number of fused-ring (bicyclic) bond motifs is 1. The Bertz CT molecular complexity index is 728. The summed E-state index contributed by atoms with van der Waals surface area (Å²) < 4.78 is 2.06. The Hall–Kier alpha value is -2.36. The van der Waals surface area contributed by atoms with Gasteiger partial charge in [-0.2, -0.15) is 0 Å². The van der Waals surface area contributed by atoms with Crippen LogP contribution in [0.5, 0.6) is 0 Å². The van der Waals surface area contributed by atoms with Crippen molar-refractivity contribution < 1.29 is 0 Å². The van der Waals surface area contributed by atoms with Crippen LogP contribution in [-0.4, -0.2) is 14.5 Å². The summed E-state index contributed by atoms with van der Waals surface area (Å²) in [5.41, 5.74) is 9.85. The Kier molecular flexibility index (Phi) is 2.30. The average molecular weight is 238 g/mol. The van der Waals surface area contributed by atoms with Crippen LogP contribution in [0.2, 0.25) is 0 Å². The number of nitrogens with zero attached hydrogens (tertiary/aromatic N) is 3. The van der Waals surface area contributed by atoms with Crippen LogP contribution in [0.3, 0.4) is 0 Å². The molecule has 90 valence electrons. The van der Waals surface area contributed by atoms with Crippen molar-refractivity contribution in [2.75, 3.05) is 5.73 Å². The number of aromatic nitrogens is 3. The highest BCUT2D eigenvalue weighted by atomic mass is 15.1. The normalized spacial score (nSPS) is 11.0. The molecule has 0 aliphatic carbocycles. The second kappa shape index (κ2) is 3.84. The fourth-order valence-corrected chi connectivity index (χ4v) is 2.27. The van der Waals surface area contributed by atoms with Gasteiger partial charge >= 0.3 is 0 Å². The van der Waals surface area contributed by atoms with Crippen LogP contribution in [0.4, 0.5) is 5.82 Å². The summed E-state index contributed by atoms with van der Waals surface area (Å²) in [4.78, 5) is 8.95. The van der Waals surface area contributed by atoms with Crippen molar-refractivity contribution in [3.8, 4) is 11.5 Å². The van der Waals surface area contributed by atoms with Gasteiger partial charge in [-0.25, -0.2) is 9.97 Å². The van der Waals surface area contributed by atoms with E-state index in [4.69, 9.17) is 5.73 Å². The summed E-state index contributed by atoms with van der Waals surface area (Å²) in [7, 11) is 2.00. The maximum atomic E-state index is 5.72. The summed E-state index contributed by atoms with van der Waals surface area (Å²) >= 11 is 0. The molecule has 2 heterocycles. The first-order valence-corrected chi connectivity index (χ1v) is 5.82. The molecule has 0 saturated heterocycles. The first-order chi connectivity index (χ1) is 8.66. The van der Waals surface area contributed by atoms with Crippen LogP contribution in [0, 0.1) is 6.92 Å². The van der Waals surface area contributed by atoms with E-state index < -0.39 is 0 Å². The van der Waals surface area contributed by atoms with Crippen LogP contribution in [0.25, 0.3) is 22.6 Å². The van der Waals surface area contributed by atoms with Crippen molar-refractivity contribution in [2.45, 2.75) is 6.92 Å². The van der Waals surface area contributed by atoms with Gasteiger partial charge in [0.2, 0.25) is 0 Å². The molecule has 4 heteroatoms. The lowest BCUT2D eigenvalue weighted by molar-refractivity contribution is 0.947. The van der Waals surface area contributed by atoms with E-state index in [2.05, 4.69) is 27.5 Å². The Morgan fingerprint density at radius 3 is 2.56 bits per heavy atom. The highest BCUT2D eigenvalue weighted by Crippen LogP contribution is 2.24. The molecule has 0 amide bonds. The first-order valence-electron chi connectivity index (χ1n) is 5.82. The Morgan fingerprint density at radius 1 is 1.06 bits per heavy atom. The zero-order valence-electron chi connectivity index (χ0n) is 10.4. The number of rotatable bonds is 1. The van der Waals surface area contributed by atoms with Gasteiger partial charge in [-0.05, 0) is 30.7 Å². The molecule has 0 unspecified atom stereocenters. The number of hydrogen-bond donors (Lipinski definition) is 1. The standard InChI is InChI=1S/C14H14N4/c1-9-5-3-6-10-13(9)18(2)14(17-10)11-7-4-8-12(15)16-11/h3-8H,1-2H3,(H2,15,16). The molecule has 0 bridgehead atoms. The summed E-state index contributed by atoms with van der Waals surface area (Å²) in [6.45, 7) is 2.08. The molecule has 0 spiro atoms. The number of pyridine rings is 1. The largest absolute Gasteiger partial charge is 0.384 e. The van der Waals surface area contributed by atoms with Gasteiger partial charge < -0.3 is 10.3 Å². The SMILES string of the molecule is Cc1cccc2nc(-c3cccc(N)n3)n(C)c12. The van der Waals surface area contributed by atoms with Crippen LogP contribution in [0.15, 0.2) is 36.4 Å². The second-order valence-corrected chi connectivity index (χ2v) is 4.38. The number of benzene rings is 1. The van der Waals surface area contributed by atoms with Crippen molar-refractivity contribution >= 4 is 16.9 Å². The number of hydrogen-bond acceptors (Lipinski definition) is 3. The van der Waals surface area contributed by atoms with E-state index >= 15 is 0 Å². The van der Waals surface area contributed by atoms with Crippen LogP contribution < -0.4 is 5.73 Å². The Labute approximate surface area is 105 Å². The monoisotopic (exact) mass is 238 g/mol. The zero-order chi connectivity index (χ0) is 12.7. The molecule has 0 aliphatic rings. The number of nitrogen functional groups attached to an aromatic ring is 1. The van der Waals surface area contributed by atoms with Crippen molar-refractivity contribution in [3.05, 3.63) is 42.0 Å². The summed E-state index contributed by atoms with van der Waals surface area (Å²) in [5.74, 6) is 1.35. The quantitative estimate of drug-likeness (QED) is 0.708. The van der Waals surface area contributed by atoms with Gasteiger partial charge in [-0.1, -0.05) is 18.2 Å². The van der Waals surface area contributed by atoms with Gasteiger partial charge in [-0.15, -0.1) is 0 Å². The predicted octanol–water partition coefficient (Wildman–Crippen LogP) is 2.53. The molecule has 3 aromatic rings. The van der Waals surface area contributed by atoms with E-state index in [0.717, 1.165) is 22.6 Å². The van der Waals surface area contributed by atoms with Crippen LogP contribution in [-0.2, 0) is 7.05 Å². The van der Waals surface area contributed by atoms with Gasteiger partial charge in [0.15, 0.2) is 5.82 Å². The predicted molar refractivity (Wildman–Crippen MR) is 73.1 cm³/mol. The van der Waals surface area contributed by atoms with E-state index in [1.165, 1.54) is 5.56 Å². The third-order valence-corrected chi connectivity index (χ3v) is 3.10. The average Bonchev–Trinajstić information content (AvgIpc) is 2.68. The van der Waals surface area contributed by atoms with Crippen molar-refractivity contribution in [1.29, 1.82) is 0 Å². The molecular weight excluding hydrogens is 224 g/mol. The lowest BCUT2D eigenvalue weighted by Crippen LogP contribution is -1.97. The van der Waals surface area contributed by atoms with E-state index in [9.17, 15) is 0 Å². The highest BCUT2D eigenvalue weighted by Gasteiger charge is 2.12. The lowest BCUT2D eigenvalue weighted by atomic mass is 10.2. The first kappa shape index (κ1) is 10.8. The number of imidazole rings is 1. The van der Waals surface area contributed by atoms with Crippen LogP contribution in [0.1, 0.15) is 5.56 Å². The fraction of sp³-hybridized carbons (Fsp3) is 0.143. The number of nitrogens with two attached hydrogens (primary N) is 1. The molecule has 0 fully saturated rings. The Morgan fingerprint density at radius 2 is 1.83 bits per heavy atom. The van der Waals surface area contributed by atoms with Gasteiger partial charge in [0.25, 0.3) is 0 Å². The van der Waals surface area contributed by atoms with Gasteiger partial charge in [-0.3, -0.25) is 0 Å². The molecule has 3 rings (SSSR count). The van der Waals surface area contributed by atoms with Crippen molar-refractivity contribution in [3.63, 3.8) is 0 Å². The number of anilines is 1. The molecular formula is C14H14N4. The van der Waals surface area contributed by atoms with Crippen molar-refractivity contribution in [1.82, 2.24) is 14.5 Å². The van der Waals surface area contributed by atoms with E-state index in [1.807, 2.05) is 31.3 Å². The minimum atomic E-state index is 0.510. The third-order valence-electron chi connectivity index (χ3n) is 3.10. The minimum absolute atomic E-state index is 0.510. The molecule has 0 aliphatic heterocycles. The molecule has 2 N–H and O–H groups in total. The molecule has 0 saturated carbocycles. The molecule has 2 aromatic heterocycles. The number of aryl methyl sites for hydroxylation is 2. The lowest BCUT2D eigenvalue weighted by Gasteiger charge is -2.03. The third kappa shape index (κ3) is 1.54. The van der Waals surface area contributed by atoms with Crippen molar-refractivity contribution in [2.24, 2.45) is 7.05 Å². The summed E-state index contributed by atoms with van der Waals surface area (Å²) in [6, 6.07) is 11.7. The maximum Gasteiger partial charge on any atom is 0.159 e. The fourth-order valence-electron chi connectivity index (χ4n) is 2.27. The highest BCUT2D eigenvalue weighted by molar-refractivity contribution is 5.82. The smallest absolute Gasteiger partial charge is 0.159 e. The minimum Gasteiger partial charge on any atom is -0.384 e. The van der Waals surface area contributed by atoms with Crippen LogP contribution >= 0.6 is 0 Å². The molecule has 0 atom stereocenters. The molecule has 0 radical (unpaired) electrons. The van der Waals surface area contributed by atoms with E-state index in [-0.39, 0.29) is 0 Å². The van der Waals surface area contributed by atoms with E-state index in [0.29, 0.717) is 5.82 Å². The Balaban J connectivity index is 2.31. The number of para-hydroxylation sites is 1. The zero-order valence-corrected chi connectivity index (χ0v) is 10.4. The molecule has 1 aromatic carbocycles. The second-order valence-electron chi connectivity index (χ2n) is 4.38. The summed E-state index contributed by atoms with van der Waals surface area (Å²) in [5, 5.41) is 0.